The molecule has 0 unspecified atom stereocenters. The summed E-state index contributed by atoms with van der Waals surface area (Å²) in [5.74, 6) is 0.0260. The van der Waals surface area contributed by atoms with Crippen molar-refractivity contribution in [1.82, 2.24) is 5.32 Å². The molecule has 0 aliphatic carbocycles. The van der Waals surface area contributed by atoms with E-state index in [9.17, 15) is 9.59 Å². The quantitative estimate of drug-likeness (QED) is 0.705. The van der Waals surface area contributed by atoms with E-state index in [0.29, 0.717) is 32.4 Å². The molecule has 1 aliphatic rings. The van der Waals surface area contributed by atoms with Gasteiger partial charge in [0, 0.05) is 25.7 Å². The Hall–Kier alpha value is -2.66. The van der Waals surface area contributed by atoms with Crippen LogP contribution in [0.4, 0.5) is 5.69 Å². The molecule has 27 heavy (non-hydrogen) atoms. The zero-order chi connectivity index (χ0) is 19.3. The van der Waals surface area contributed by atoms with Crippen LogP contribution in [0.25, 0.3) is 0 Å². The first kappa shape index (κ1) is 19.1. The van der Waals surface area contributed by atoms with Gasteiger partial charge in [-0.3, -0.25) is 9.59 Å². The first-order valence-corrected chi connectivity index (χ1v) is 9.47. The fraction of sp³-hybridized carbons (Fsp3) is 0.364. The van der Waals surface area contributed by atoms with Gasteiger partial charge in [-0.25, -0.2) is 0 Å². The van der Waals surface area contributed by atoms with E-state index in [2.05, 4.69) is 5.32 Å². The van der Waals surface area contributed by atoms with Gasteiger partial charge in [0.2, 0.25) is 11.8 Å². The van der Waals surface area contributed by atoms with Crippen molar-refractivity contribution < 1.29 is 9.59 Å². The topological polar surface area (TPSA) is 75.4 Å². The summed E-state index contributed by atoms with van der Waals surface area (Å²) in [5, 5.41) is 2.89. The number of nitrogens with zero attached hydrogens (tertiary/aromatic N) is 1. The number of anilines is 1. The number of hydrogen-bond acceptors (Lipinski definition) is 3. The molecule has 0 saturated carbocycles. The maximum Gasteiger partial charge on any atom is 0.237 e. The Labute approximate surface area is 160 Å². The van der Waals surface area contributed by atoms with E-state index in [-0.39, 0.29) is 11.8 Å². The molecule has 0 fully saturated rings. The minimum Gasteiger partial charge on any atom is -0.356 e. The number of likely N-dealkylation sites (N-methyl/N-ethyl adjacent to an activating group) is 1. The van der Waals surface area contributed by atoms with Crippen molar-refractivity contribution in [2.24, 2.45) is 5.73 Å². The number of carbonyl (C=O) groups excluding carboxylic acids is 2. The Morgan fingerprint density at radius 2 is 1.81 bits per heavy atom. The van der Waals surface area contributed by atoms with Crippen molar-refractivity contribution in [3.8, 4) is 0 Å². The average molecular weight is 365 g/mol. The lowest BCUT2D eigenvalue weighted by molar-refractivity contribution is -0.124. The van der Waals surface area contributed by atoms with Crippen molar-refractivity contribution in [3.63, 3.8) is 0 Å². The van der Waals surface area contributed by atoms with Crippen LogP contribution in [0.2, 0.25) is 0 Å². The summed E-state index contributed by atoms with van der Waals surface area (Å²) in [4.78, 5) is 27.4. The van der Waals surface area contributed by atoms with Gasteiger partial charge in [-0.1, -0.05) is 48.5 Å². The van der Waals surface area contributed by atoms with Crippen LogP contribution in [0.5, 0.6) is 0 Å². The second kappa shape index (κ2) is 8.35. The molecule has 1 heterocycles. The van der Waals surface area contributed by atoms with Crippen LogP contribution in [0.15, 0.2) is 54.6 Å². The average Bonchev–Trinajstić information content (AvgIpc) is 2.90. The number of nitrogens with one attached hydrogen (secondary N) is 1. The zero-order valence-corrected chi connectivity index (χ0v) is 15.8. The van der Waals surface area contributed by atoms with Gasteiger partial charge in [-0.2, -0.15) is 0 Å². The van der Waals surface area contributed by atoms with Gasteiger partial charge < -0.3 is 16.0 Å². The molecular formula is C22H27N3O2. The van der Waals surface area contributed by atoms with Gasteiger partial charge >= 0.3 is 0 Å². The summed E-state index contributed by atoms with van der Waals surface area (Å²) in [5.41, 5.74) is 7.81. The Kier molecular flexibility index (Phi) is 5.91. The van der Waals surface area contributed by atoms with Gasteiger partial charge in [-0.05, 0) is 43.0 Å². The number of hydrogen-bond donors (Lipinski definition) is 2. The van der Waals surface area contributed by atoms with Gasteiger partial charge in [0.25, 0.3) is 0 Å². The normalized spacial score (nSPS) is 18.4. The summed E-state index contributed by atoms with van der Waals surface area (Å²) >= 11 is 0. The molecule has 3 N–H and O–H groups in total. The molecule has 0 aromatic heterocycles. The predicted octanol–water partition coefficient (Wildman–Crippen LogP) is 2.39. The molecule has 2 amide bonds. The standard InChI is InChI=1S/C22H27N3O2/c1-25-19-11-6-5-10-18(19)22(21(25)27,16-17-8-3-2-4-9-17)13-12-20(26)24-15-7-14-23/h2-6,8-11H,7,12-16,23H2,1H3,(H,24,26)/t22-/m0/s1. The molecule has 5 nitrogen and oxygen atoms in total. The third-order valence-corrected chi connectivity index (χ3v) is 5.33. The molecule has 1 aliphatic heterocycles. The maximum absolute atomic E-state index is 13.3. The smallest absolute Gasteiger partial charge is 0.237 e. The molecule has 0 saturated heterocycles. The van der Waals surface area contributed by atoms with Crippen LogP contribution in [0.1, 0.15) is 30.4 Å². The molecule has 5 heteroatoms. The summed E-state index contributed by atoms with van der Waals surface area (Å²) in [7, 11) is 1.81. The van der Waals surface area contributed by atoms with Crippen molar-refractivity contribution in [1.29, 1.82) is 0 Å². The SMILES string of the molecule is CN1C(=O)[C@@](CCC(=O)NCCCN)(Cc2ccccc2)c2ccccc21. The maximum atomic E-state index is 13.3. The van der Waals surface area contributed by atoms with E-state index in [1.807, 2.05) is 61.6 Å². The van der Waals surface area contributed by atoms with Crippen molar-refractivity contribution in [2.45, 2.75) is 31.1 Å². The van der Waals surface area contributed by atoms with Crippen molar-refractivity contribution in [2.75, 3.05) is 25.0 Å². The number of amides is 2. The van der Waals surface area contributed by atoms with Crippen LogP contribution in [0.3, 0.4) is 0 Å². The van der Waals surface area contributed by atoms with Crippen LogP contribution in [0, 0.1) is 0 Å². The van der Waals surface area contributed by atoms with Crippen molar-refractivity contribution in [3.05, 3.63) is 65.7 Å². The number of fused-ring (bicyclic) bond motifs is 1. The Balaban J connectivity index is 1.89. The van der Waals surface area contributed by atoms with E-state index in [1.54, 1.807) is 4.90 Å². The highest BCUT2D eigenvalue weighted by Crippen LogP contribution is 2.46. The molecule has 2 aromatic rings. The predicted molar refractivity (Wildman–Crippen MR) is 108 cm³/mol. The second-order valence-corrected chi connectivity index (χ2v) is 7.12. The molecule has 3 rings (SSSR count). The van der Waals surface area contributed by atoms with Crippen LogP contribution >= 0.6 is 0 Å². The van der Waals surface area contributed by atoms with E-state index in [1.165, 1.54) is 0 Å². The van der Waals surface area contributed by atoms with Gasteiger partial charge in [0.15, 0.2) is 0 Å². The second-order valence-electron chi connectivity index (χ2n) is 7.12. The molecule has 0 spiro atoms. The van der Waals surface area contributed by atoms with E-state index in [4.69, 9.17) is 5.73 Å². The summed E-state index contributed by atoms with van der Waals surface area (Å²) < 4.78 is 0. The monoisotopic (exact) mass is 365 g/mol. The number of carbonyl (C=O) groups is 2. The number of benzene rings is 2. The highest BCUT2D eigenvalue weighted by molar-refractivity contribution is 6.08. The summed E-state index contributed by atoms with van der Waals surface area (Å²) in [6, 6.07) is 17.9. The highest BCUT2D eigenvalue weighted by atomic mass is 16.2. The third kappa shape index (κ3) is 3.88. The first-order valence-electron chi connectivity index (χ1n) is 9.47. The lowest BCUT2D eigenvalue weighted by Crippen LogP contribution is -2.41. The molecule has 142 valence electrons. The molecule has 0 radical (unpaired) electrons. The van der Waals surface area contributed by atoms with E-state index >= 15 is 0 Å². The van der Waals surface area contributed by atoms with Gasteiger partial charge in [0.05, 0.1) is 5.41 Å². The number of para-hydroxylation sites is 1. The minimum atomic E-state index is -0.710. The molecule has 2 aromatic carbocycles. The number of nitrogens with two attached hydrogens (primary N) is 1. The third-order valence-electron chi connectivity index (χ3n) is 5.33. The lowest BCUT2D eigenvalue weighted by atomic mass is 9.73. The summed E-state index contributed by atoms with van der Waals surface area (Å²) in [6.07, 6.45) is 2.14. The lowest BCUT2D eigenvalue weighted by Gasteiger charge is -2.28. The van der Waals surface area contributed by atoms with E-state index in [0.717, 1.165) is 23.2 Å². The number of rotatable bonds is 8. The first-order chi connectivity index (χ1) is 13.1. The van der Waals surface area contributed by atoms with Gasteiger partial charge in [0.1, 0.15) is 0 Å². The zero-order valence-electron chi connectivity index (χ0n) is 15.8. The Bertz CT molecular complexity index is 806. The Morgan fingerprint density at radius 3 is 2.56 bits per heavy atom. The fourth-order valence-electron chi connectivity index (χ4n) is 3.91. The highest BCUT2D eigenvalue weighted by Gasteiger charge is 2.49. The summed E-state index contributed by atoms with van der Waals surface area (Å²) in [6.45, 7) is 1.13. The molecule has 0 bridgehead atoms. The largest absolute Gasteiger partial charge is 0.356 e. The molecular weight excluding hydrogens is 338 g/mol. The van der Waals surface area contributed by atoms with Crippen LogP contribution < -0.4 is 16.0 Å². The van der Waals surface area contributed by atoms with Crippen LogP contribution in [-0.4, -0.2) is 32.0 Å². The van der Waals surface area contributed by atoms with E-state index < -0.39 is 5.41 Å². The Morgan fingerprint density at radius 1 is 1.11 bits per heavy atom. The minimum absolute atomic E-state index is 0.0317. The van der Waals surface area contributed by atoms with Gasteiger partial charge in [-0.15, -0.1) is 0 Å². The van der Waals surface area contributed by atoms with Crippen LogP contribution in [-0.2, 0) is 21.4 Å². The fourth-order valence-corrected chi connectivity index (χ4v) is 3.91. The molecule has 1 atom stereocenters. The van der Waals surface area contributed by atoms with Crippen molar-refractivity contribution >= 4 is 17.5 Å².